The number of rotatable bonds is 6. The number of aliphatic hydroxyl groups excluding tert-OH is 1. The fourth-order valence-electron chi connectivity index (χ4n) is 7.30. The van der Waals surface area contributed by atoms with Crippen LogP contribution in [0.25, 0.3) is 0 Å². The van der Waals surface area contributed by atoms with Crippen molar-refractivity contribution in [3.8, 4) is 0 Å². The fourth-order valence-corrected chi connectivity index (χ4v) is 7.30. The molecule has 1 spiro atoms. The Labute approximate surface area is 238 Å². The van der Waals surface area contributed by atoms with Crippen LogP contribution in [0.1, 0.15) is 91.8 Å². The lowest BCUT2D eigenvalue weighted by Crippen LogP contribution is -2.48. The second-order valence-corrected chi connectivity index (χ2v) is 12.2. The van der Waals surface area contributed by atoms with E-state index in [1.807, 2.05) is 41.3 Å². The van der Waals surface area contributed by atoms with Crippen molar-refractivity contribution < 1.29 is 24.2 Å². The molecule has 6 rings (SSSR count). The van der Waals surface area contributed by atoms with Gasteiger partial charge in [0.05, 0.1) is 12.6 Å². The first kappa shape index (κ1) is 28.6. The lowest BCUT2D eigenvalue weighted by molar-refractivity contribution is -0.0373. The van der Waals surface area contributed by atoms with Gasteiger partial charge in [-0.25, -0.2) is 4.79 Å². The first-order valence-corrected chi connectivity index (χ1v) is 14.8. The van der Waals surface area contributed by atoms with Crippen LogP contribution in [0.4, 0.5) is 4.79 Å². The Morgan fingerprint density at radius 1 is 1.15 bits per heavy atom. The number of nitrogens with zero attached hydrogens (tertiary/aromatic N) is 1. The molecule has 0 aromatic heterocycles. The Balaban J connectivity index is 1.58. The maximum atomic E-state index is 14.0. The number of carbonyl (C=O) groups excluding carboxylic acids is 2. The number of carbonyl (C=O) groups is 2. The van der Waals surface area contributed by atoms with E-state index in [9.17, 15) is 14.7 Å². The van der Waals surface area contributed by atoms with Crippen molar-refractivity contribution in [2.45, 2.75) is 82.8 Å². The maximum Gasteiger partial charge on any atom is 0.410 e. The summed E-state index contributed by atoms with van der Waals surface area (Å²) < 4.78 is 11.6. The minimum Gasteiger partial charge on any atom is -0.440 e. The Kier molecular flexibility index (Phi) is 8.48. The van der Waals surface area contributed by atoms with E-state index in [0.29, 0.717) is 43.7 Å². The zero-order chi connectivity index (χ0) is 28.3. The molecule has 2 aromatic carbocycles. The van der Waals surface area contributed by atoms with Gasteiger partial charge in [-0.3, -0.25) is 4.79 Å². The van der Waals surface area contributed by atoms with Crippen LogP contribution in [0.15, 0.2) is 60.2 Å². The van der Waals surface area contributed by atoms with Gasteiger partial charge in [-0.2, -0.15) is 0 Å². The van der Waals surface area contributed by atoms with Crippen molar-refractivity contribution in [2.24, 2.45) is 5.41 Å². The quantitative estimate of drug-likeness (QED) is 0.256. The second kappa shape index (κ2) is 11.9. The van der Waals surface area contributed by atoms with Crippen molar-refractivity contribution in [3.05, 3.63) is 82.4 Å². The molecule has 2 aromatic rings. The number of hydrogen-bond acceptors (Lipinski definition) is 5. The predicted octanol–water partition coefficient (Wildman–Crippen LogP) is 6.45. The monoisotopic (exact) mass is 545 g/mol. The Hall–Kier alpha value is -2.96. The summed E-state index contributed by atoms with van der Waals surface area (Å²) in [4.78, 5) is 29.0. The van der Waals surface area contributed by atoms with Gasteiger partial charge in [-0.05, 0) is 81.4 Å². The zero-order valence-electron chi connectivity index (χ0n) is 24.2. The Morgan fingerprint density at radius 3 is 2.73 bits per heavy atom. The number of benzene rings is 2. The molecule has 4 unspecified atom stereocenters. The summed E-state index contributed by atoms with van der Waals surface area (Å²) >= 11 is 0. The number of allylic oxidation sites excluding steroid dienone is 2. The molecular formula is C34H43NO5. The topological polar surface area (TPSA) is 76.1 Å². The highest BCUT2D eigenvalue weighted by molar-refractivity contribution is 6.10. The molecule has 1 aliphatic heterocycles. The molecule has 40 heavy (non-hydrogen) atoms. The van der Waals surface area contributed by atoms with E-state index in [-0.39, 0.29) is 23.2 Å². The van der Waals surface area contributed by atoms with Gasteiger partial charge in [0, 0.05) is 36.8 Å². The van der Waals surface area contributed by atoms with Gasteiger partial charge in [0.15, 0.2) is 5.78 Å². The molecule has 6 nitrogen and oxygen atoms in total. The molecule has 4 atom stereocenters. The molecule has 6 heteroatoms. The molecule has 1 N–H and O–H groups in total. The van der Waals surface area contributed by atoms with Crippen molar-refractivity contribution in [1.82, 2.24) is 4.90 Å². The molecule has 1 saturated carbocycles. The summed E-state index contributed by atoms with van der Waals surface area (Å²) in [5.41, 5.74) is 3.68. The molecule has 0 radical (unpaired) electrons. The lowest BCUT2D eigenvalue weighted by atomic mass is 9.64. The molecule has 1 amide bonds. The largest absolute Gasteiger partial charge is 0.440 e. The van der Waals surface area contributed by atoms with E-state index in [2.05, 4.69) is 32.1 Å². The highest BCUT2D eigenvalue weighted by Crippen LogP contribution is 2.61. The Morgan fingerprint density at radius 2 is 1.95 bits per heavy atom. The van der Waals surface area contributed by atoms with Crippen molar-refractivity contribution in [3.63, 3.8) is 0 Å². The van der Waals surface area contributed by atoms with Crippen LogP contribution in [0.5, 0.6) is 0 Å². The zero-order valence-corrected chi connectivity index (χ0v) is 24.2. The molecule has 3 aliphatic carbocycles. The molecule has 2 fully saturated rings. The third kappa shape index (κ3) is 5.48. The molecule has 4 aliphatic rings. The smallest absolute Gasteiger partial charge is 0.410 e. The number of fused-ring (bicyclic) bond motifs is 8. The van der Waals surface area contributed by atoms with Crippen LogP contribution in [-0.4, -0.2) is 60.4 Å². The second-order valence-electron chi connectivity index (χ2n) is 12.2. The van der Waals surface area contributed by atoms with E-state index >= 15 is 0 Å². The third-order valence-electron chi connectivity index (χ3n) is 9.68. The number of hydrogen-bond donors (Lipinski definition) is 1. The van der Waals surface area contributed by atoms with Crippen LogP contribution < -0.4 is 0 Å². The van der Waals surface area contributed by atoms with E-state index in [0.717, 1.165) is 49.7 Å². The van der Waals surface area contributed by atoms with Gasteiger partial charge in [-0.1, -0.05) is 61.0 Å². The lowest BCUT2D eigenvalue weighted by Gasteiger charge is -2.43. The highest BCUT2D eigenvalue weighted by Gasteiger charge is 2.63. The highest BCUT2D eigenvalue weighted by atomic mass is 16.6. The van der Waals surface area contributed by atoms with Gasteiger partial charge in [0.2, 0.25) is 0 Å². The van der Waals surface area contributed by atoms with Crippen LogP contribution in [0.2, 0.25) is 0 Å². The average molecular weight is 546 g/mol. The van der Waals surface area contributed by atoms with Gasteiger partial charge in [0.25, 0.3) is 0 Å². The van der Waals surface area contributed by atoms with Crippen LogP contribution in [0, 0.1) is 5.41 Å². The molecular weight excluding hydrogens is 502 g/mol. The maximum absolute atomic E-state index is 14.0. The van der Waals surface area contributed by atoms with Crippen LogP contribution in [0.3, 0.4) is 0 Å². The summed E-state index contributed by atoms with van der Waals surface area (Å²) in [6.07, 6.45) is 7.71. The minimum absolute atomic E-state index is 0.00248. The number of ketones is 1. The number of amides is 1. The van der Waals surface area contributed by atoms with Crippen molar-refractivity contribution in [2.75, 3.05) is 26.8 Å². The normalized spacial score (nSPS) is 28.8. The first-order valence-electron chi connectivity index (χ1n) is 14.8. The summed E-state index contributed by atoms with van der Waals surface area (Å²) in [5.74, 6) is 0.0557. The van der Waals surface area contributed by atoms with E-state index in [1.54, 1.807) is 7.11 Å². The van der Waals surface area contributed by atoms with Gasteiger partial charge >= 0.3 is 6.09 Å². The van der Waals surface area contributed by atoms with Crippen LogP contribution in [-0.2, 0) is 15.9 Å². The standard InChI is InChI=1S/C34H43NO5/c1-24-9-7-17-33(2)30(16-18-34(33)23-35(32(38)40-34)19-8-20-39-3)28-15-13-25(21-27(36)14-12-24)22-29(28)31(37)26-10-5-4-6-11-26/h4-6,9-11,13,15,22,27,30,36H,7-8,12,14,16-21,23H2,1-3H3. The fraction of sp³-hybridized carbons (Fsp3) is 0.529. The summed E-state index contributed by atoms with van der Waals surface area (Å²) in [6, 6.07) is 15.6. The average Bonchev–Trinajstić information content (AvgIpc) is 3.42. The van der Waals surface area contributed by atoms with Gasteiger partial charge < -0.3 is 19.5 Å². The predicted molar refractivity (Wildman–Crippen MR) is 156 cm³/mol. The Bertz CT molecular complexity index is 1260. The molecule has 1 heterocycles. The first-order chi connectivity index (χ1) is 19.3. The van der Waals surface area contributed by atoms with Gasteiger partial charge in [0.1, 0.15) is 5.60 Å². The number of methoxy groups -OCH3 is 1. The van der Waals surface area contributed by atoms with E-state index in [1.165, 1.54) is 5.57 Å². The molecule has 2 bridgehead atoms. The number of aliphatic hydroxyl groups is 1. The van der Waals surface area contributed by atoms with E-state index < -0.39 is 11.7 Å². The summed E-state index contributed by atoms with van der Waals surface area (Å²) in [7, 11) is 1.68. The summed E-state index contributed by atoms with van der Waals surface area (Å²) in [5, 5.41) is 10.8. The van der Waals surface area contributed by atoms with Crippen molar-refractivity contribution in [1.29, 1.82) is 0 Å². The number of ether oxygens (including phenoxy) is 2. The third-order valence-corrected chi connectivity index (χ3v) is 9.68. The molecule has 1 saturated heterocycles. The van der Waals surface area contributed by atoms with Gasteiger partial charge in [-0.15, -0.1) is 0 Å². The van der Waals surface area contributed by atoms with Crippen molar-refractivity contribution >= 4 is 11.9 Å². The minimum atomic E-state index is -0.609. The van der Waals surface area contributed by atoms with Crippen LogP contribution >= 0.6 is 0 Å². The van der Waals surface area contributed by atoms with E-state index in [4.69, 9.17) is 9.47 Å². The summed E-state index contributed by atoms with van der Waals surface area (Å²) in [6.45, 7) is 6.20. The SMILES string of the molecule is COCCCN1CC2(CCC3c4ccc(cc4C(=O)c4ccccc4)CC(O)CCC(C)=CCCC32C)OC1=O. The molecule has 214 valence electrons.